The Bertz CT molecular complexity index is 1030. The van der Waals surface area contributed by atoms with Gasteiger partial charge in [-0.05, 0) is 13.0 Å². The van der Waals surface area contributed by atoms with E-state index in [0.29, 0.717) is 0 Å². The van der Waals surface area contributed by atoms with Crippen molar-refractivity contribution in [2.45, 2.75) is 37.4 Å². The number of aromatic nitrogens is 2. The summed E-state index contributed by atoms with van der Waals surface area (Å²) in [5.74, 6) is -4.44. The molecule has 2 rings (SSSR count). The van der Waals surface area contributed by atoms with E-state index in [1.165, 1.54) is 0 Å². The third-order valence-electron chi connectivity index (χ3n) is 3.60. The van der Waals surface area contributed by atoms with Gasteiger partial charge in [-0.1, -0.05) is 0 Å². The number of nitrogens with two attached hydrogens (primary N) is 1. The number of phosphoric acid groups is 3. The van der Waals surface area contributed by atoms with Gasteiger partial charge in [-0.15, -0.1) is 0 Å². The van der Waals surface area contributed by atoms with E-state index < -0.39 is 59.6 Å². The highest BCUT2D eigenvalue weighted by atomic mass is 31.3. The first-order valence-electron chi connectivity index (χ1n) is 7.73. The number of rotatable bonds is 8. The van der Waals surface area contributed by atoms with Crippen LogP contribution in [0.1, 0.15) is 13.2 Å². The highest BCUT2D eigenvalue weighted by molar-refractivity contribution is 7.66. The number of alkyl halides is 2. The lowest BCUT2D eigenvalue weighted by molar-refractivity contribution is -0.141. The molecule has 7 N–H and O–H groups in total. The molecule has 1 saturated heterocycles. The van der Waals surface area contributed by atoms with Gasteiger partial charge in [0.1, 0.15) is 11.9 Å². The van der Waals surface area contributed by atoms with Crippen molar-refractivity contribution in [1.82, 2.24) is 9.55 Å². The smallest absolute Gasteiger partial charge is 0.384 e. The molecule has 1 fully saturated rings. The zero-order valence-corrected chi connectivity index (χ0v) is 17.7. The molecular formula is C10H16F2N3O13P3. The predicted octanol–water partition coefficient (Wildman–Crippen LogP) is -0.549. The molecular weight excluding hydrogens is 501 g/mol. The molecule has 2 heterocycles. The van der Waals surface area contributed by atoms with Crippen molar-refractivity contribution in [3.05, 3.63) is 22.7 Å². The van der Waals surface area contributed by atoms with Crippen molar-refractivity contribution in [2.24, 2.45) is 0 Å². The van der Waals surface area contributed by atoms with Crippen molar-refractivity contribution in [2.75, 3.05) is 5.73 Å². The van der Waals surface area contributed by atoms with Crippen molar-refractivity contribution >= 4 is 29.3 Å². The molecule has 6 atom stereocenters. The fourth-order valence-electron chi connectivity index (χ4n) is 2.47. The molecule has 31 heavy (non-hydrogen) atoms. The van der Waals surface area contributed by atoms with Crippen LogP contribution in [0.5, 0.6) is 0 Å². The number of hydrogen-bond acceptors (Lipinski definition) is 11. The summed E-state index contributed by atoms with van der Waals surface area (Å²) in [6.07, 6.45) is -8.43. The average Bonchev–Trinajstić information content (AvgIpc) is 2.74. The minimum Gasteiger partial charge on any atom is -0.384 e. The summed E-state index contributed by atoms with van der Waals surface area (Å²) in [4.78, 5) is 50.5. The monoisotopic (exact) mass is 517 g/mol. The second kappa shape index (κ2) is 8.67. The molecule has 16 nitrogen and oxygen atoms in total. The molecule has 0 bridgehead atoms. The maximum absolute atomic E-state index is 14.5. The molecule has 0 spiro atoms. The standard InChI is InChI=1S/C10H16F2N3O13P3/c1-4(26-30(21,22)28-31(23,24)27-29(18,19)20)6-7(16)10(11,12)8(25-6)15-3-2-5(13)14-9(15)17/h2-4,6-8,16H,1H3,(H,21,22)(H,23,24)(H2,13,14,17)(H2,18,19,20)/t4-,6+,7+,8+/m0/s1. The molecule has 1 aromatic heterocycles. The number of ether oxygens (including phenoxy) is 1. The van der Waals surface area contributed by atoms with Crippen molar-refractivity contribution < 1.29 is 65.0 Å². The van der Waals surface area contributed by atoms with Crippen LogP contribution in [0, 0.1) is 0 Å². The Morgan fingerprint density at radius 3 is 2.32 bits per heavy atom. The number of nitrogen functional groups attached to an aromatic ring is 1. The lowest BCUT2D eigenvalue weighted by Gasteiger charge is -2.24. The van der Waals surface area contributed by atoms with Gasteiger partial charge in [0, 0.05) is 6.20 Å². The summed E-state index contributed by atoms with van der Waals surface area (Å²) in [6.45, 7) is 0.814. The quantitative estimate of drug-likeness (QED) is 0.237. The summed E-state index contributed by atoms with van der Waals surface area (Å²) in [6, 6.07) is 0.982. The third kappa shape index (κ3) is 6.44. The number of nitrogens with zero attached hydrogens (tertiary/aromatic N) is 2. The van der Waals surface area contributed by atoms with Crippen molar-refractivity contribution in [1.29, 1.82) is 0 Å². The lowest BCUT2D eigenvalue weighted by atomic mass is 10.1. The van der Waals surface area contributed by atoms with Crippen LogP contribution in [0.4, 0.5) is 14.6 Å². The Kier molecular flexibility index (Phi) is 7.30. The van der Waals surface area contributed by atoms with E-state index in [4.69, 9.17) is 25.2 Å². The molecule has 0 aromatic carbocycles. The molecule has 0 amide bonds. The van der Waals surface area contributed by atoms with Crippen LogP contribution < -0.4 is 11.4 Å². The Labute approximate surface area is 170 Å². The Morgan fingerprint density at radius 2 is 1.81 bits per heavy atom. The molecule has 21 heteroatoms. The molecule has 0 aliphatic carbocycles. The van der Waals surface area contributed by atoms with E-state index in [0.717, 1.165) is 19.2 Å². The van der Waals surface area contributed by atoms with E-state index >= 15 is 0 Å². The van der Waals surface area contributed by atoms with Gasteiger partial charge in [0.05, 0.1) is 6.10 Å². The van der Waals surface area contributed by atoms with Gasteiger partial charge in [0.15, 0.2) is 6.10 Å². The van der Waals surface area contributed by atoms with Gasteiger partial charge in [0.25, 0.3) is 0 Å². The number of hydrogen-bond donors (Lipinski definition) is 6. The molecule has 0 saturated carbocycles. The normalized spacial score (nSPS) is 28.6. The Hall–Kier alpha value is -1.13. The Morgan fingerprint density at radius 1 is 1.23 bits per heavy atom. The highest BCUT2D eigenvalue weighted by Gasteiger charge is 2.61. The molecule has 1 aromatic rings. The molecule has 1 aliphatic rings. The summed E-state index contributed by atoms with van der Waals surface area (Å²) >= 11 is 0. The number of aliphatic hydroxyl groups is 1. The zero-order valence-electron chi connectivity index (χ0n) is 15.0. The van der Waals surface area contributed by atoms with Gasteiger partial charge in [-0.3, -0.25) is 9.09 Å². The van der Waals surface area contributed by atoms with Crippen LogP contribution in [-0.4, -0.2) is 58.5 Å². The summed E-state index contributed by atoms with van der Waals surface area (Å²) in [5, 5.41) is 9.89. The number of anilines is 1. The maximum atomic E-state index is 14.5. The highest BCUT2D eigenvalue weighted by Crippen LogP contribution is 2.66. The molecule has 2 unspecified atom stereocenters. The van der Waals surface area contributed by atoms with E-state index in [-0.39, 0.29) is 10.4 Å². The molecule has 178 valence electrons. The molecule has 1 aliphatic heterocycles. The summed E-state index contributed by atoms with van der Waals surface area (Å²) < 4.78 is 79.2. The fraction of sp³-hybridized carbons (Fsp3) is 0.600. The molecule has 0 radical (unpaired) electrons. The van der Waals surface area contributed by atoms with E-state index in [1.807, 2.05) is 0 Å². The second-order valence-electron chi connectivity index (χ2n) is 6.02. The average molecular weight is 517 g/mol. The van der Waals surface area contributed by atoms with E-state index in [2.05, 4.69) is 18.1 Å². The largest absolute Gasteiger partial charge is 0.490 e. The summed E-state index contributed by atoms with van der Waals surface area (Å²) in [7, 11) is -17.2. The first kappa shape index (κ1) is 26.1. The van der Waals surface area contributed by atoms with Gasteiger partial charge < -0.3 is 35.2 Å². The predicted molar refractivity (Wildman–Crippen MR) is 92.2 cm³/mol. The number of phosphoric ester groups is 1. The summed E-state index contributed by atoms with van der Waals surface area (Å²) in [5.41, 5.74) is 3.99. The van der Waals surface area contributed by atoms with Gasteiger partial charge in [-0.25, -0.2) is 18.5 Å². The van der Waals surface area contributed by atoms with Crippen LogP contribution >= 0.6 is 23.5 Å². The topological polar surface area (TPSA) is 250 Å². The van der Waals surface area contributed by atoms with Crippen LogP contribution in [-0.2, 0) is 31.6 Å². The zero-order chi connectivity index (χ0) is 24.0. The first-order valence-corrected chi connectivity index (χ1v) is 12.2. The van der Waals surface area contributed by atoms with Crippen LogP contribution in [0.2, 0.25) is 0 Å². The van der Waals surface area contributed by atoms with E-state index in [9.17, 15) is 37.3 Å². The number of halogens is 2. The first-order chi connectivity index (χ1) is 13.8. The minimum atomic E-state index is -5.85. The van der Waals surface area contributed by atoms with Crippen LogP contribution in [0.15, 0.2) is 17.1 Å². The van der Waals surface area contributed by atoms with Gasteiger partial charge in [0.2, 0.25) is 6.23 Å². The third-order valence-corrected chi connectivity index (χ3v) is 7.53. The Balaban J connectivity index is 2.20. The fourth-order valence-corrected chi connectivity index (χ4v) is 5.67. The van der Waals surface area contributed by atoms with Crippen molar-refractivity contribution in [3.8, 4) is 0 Å². The number of aliphatic hydroxyl groups excluding tert-OH is 1. The van der Waals surface area contributed by atoms with Gasteiger partial charge >= 0.3 is 35.1 Å². The van der Waals surface area contributed by atoms with Crippen LogP contribution in [0.3, 0.4) is 0 Å². The second-order valence-corrected chi connectivity index (χ2v) is 10.4. The lowest BCUT2D eigenvalue weighted by Crippen LogP contribution is -2.43. The van der Waals surface area contributed by atoms with Crippen LogP contribution in [0.25, 0.3) is 0 Å². The van der Waals surface area contributed by atoms with Gasteiger partial charge in [-0.2, -0.15) is 22.4 Å². The maximum Gasteiger partial charge on any atom is 0.490 e. The minimum absolute atomic E-state index is 0.289. The SMILES string of the molecule is C[C@H](OP(=O)(O)OP(=O)(O)OP(=O)(O)O)[C@H]1O[C@@H](n2ccc(N)nc2=O)C(F)(F)[C@@H]1O. The van der Waals surface area contributed by atoms with E-state index in [1.54, 1.807) is 0 Å². The van der Waals surface area contributed by atoms with Crippen molar-refractivity contribution in [3.63, 3.8) is 0 Å².